The fraction of sp³-hybridized carbons (Fsp3) is 0.250. The molecule has 0 atom stereocenters. The molecule has 3 aromatic rings. The van der Waals surface area contributed by atoms with Gasteiger partial charge in [-0.25, -0.2) is 0 Å². The lowest BCUT2D eigenvalue weighted by molar-refractivity contribution is 0.102. The standard InChI is InChI=1S/C20H19N5O/c21-12-14-3-1-2-4-18(14)20(26)24-16-6-5-15-13-23-25(19(15)11-16)17-7-9-22-10-8-17/h1-6,11,13,17,22H,7-10H2,(H,24,26). The smallest absolute Gasteiger partial charge is 0.257 e. The Labute approximate surface area is 151 Å². The molecule has 2 aromatic carbocycles. The molecule has 1 fully saturated rings. The van der Waals surface area contributed by atoms with Crippen LogP contribution >= 0.6 is 0 Å². The highest BCUT2D eigenvalue weighted by Gasteiger charge is 2.18. The minimum absolute atomic E-state index is 0.283. The number of hydrogen-bond acceptors (Lipinski definition) is 4. The molecule has 0 unspecified atom stereocenters. The maximum absolute atomic E-state index is 12.6. The van der Waals surface area contributed by atoms with Gasteiger partial charge in [0.05, 0.1) is 35.0 Å². The molecule has 0 radical (unpaired) electrons. The molecule has 1 saturated heterocycles. The number of fused-ring (bicyclic) bond motifs is 1. The largest absolute Gasteiger partial charge is 0.322 e. The van der Waals surface area contributed by atoms with Gasteiger partial charge >= 0.3 is 0 Å². The molecule has 1 aliphatic rings. The van der Waals surface area contributed by atoms with E-state index in [4.69, 9.17) is 0 Å². The van der Waals surface area contributed by atoms with Gasteiger partial charge in [-0.05, 0) is 56.3 Å². The summed E-state index contributed by atoms with van der Waals surface area (Å²) in [5.74, 6) is -0.283. The number of anilines is 1. The van der Waals surface area contributed by atoms with Crippen LogP contribution in [0.2, 0.25) is 0 Å². The van der Waals surface area contributed by atoms with E-state index in [0.717, 1.165) is 36.8 Å². The average Bonchev–Trinajstić information content (AvgIpc) is 3.12. The van der Waals surface area contributed by atoms with E-state index in [1.54, 1.807) is 24.3 Å². The van der Waals surface area contributed by atoms with E-state index in [9.17, 15) is 10.1 Å². The molecule has 1 aliphatic heterocycles. The summed E-state index contributed by atoms with van der Waals surface area (Å²) >= 11 is 0. The van der Waals surface area contributed by atoms with Crippen molar-refractivity contribution in [3.05, 3.63) is 59.8 Å². The van der Waals surface area contributed by atoms with Gasteiger partial charge in [0, 0.05) is 11.1 Å². The lowest BCUT2D eigenvalue weighted by Gasteiger charge is -2.23. The van der Waals surface area contributed by atoms with Gasteiger partial charge in [-0.3, -0.25) is 9.48 Å². The fourth-order valence-electron chi connectivity index (χ4n) is 3.43. The molecule has 130 valence electrons. The van der Waals surface area contributed by atoms with Gasteiger partial charge in [-0.2, -0.15) is 10.4 Å². The quantitative estimate of drug-likeness (QED) is 0.764. The molecule has 4 rings (SSSR count). The van der Waals surface area contributed by atoms with Gasteiger partial charge < -0.3 is 10.6 Å². The SMILES string of the molecule is N#Cc1ccccc1C(=O)Nc1ccc2cnn(C3CCNCC3)c2c1. The second kappa shape index (κ2) is 6.98. The fourth-order valence-corrected chi connectivity index (χ4v) is 3.43. The van der Waals surface area contributed by atoms with E-state index in [-0.39, 0.29) is 5.91 Å². The average molecular weight is 345 g/mol. The maximum Gasteiger partial charge on any atom is 0.257 e. The predicted octanol–water partition coefficient (Wildman–Crippen LogP) is 3.08. The van der Waals surface area contributed by atoms with Gasteiger partial charge in [-0.1, -0.05) is 12.1 Å². The summed E-state index contributed by atoms with van der Waals surface area (Å²) in [6, 6.07) is 15.0. The second-order valence-corrected chi connectivity index (χ2v) is 6.46. The monoisotopic (exact) mass is 345 g/mol. The topological polar surface area (TPSA) is 82.7 Å². The van der Waals surface area contributed by atoms with Crippen molar-refractivity contribution in [1.29, 1.82) is 5.26 Å². The first-order chi connectivity index (χ1) is 12.8. The van der Waals surface area contributed by atoms with E-state index < -0.39 is 0 Å². The molecular formula is C20H19N5O. The Hall–Kier alpha value is -3.17. The van der Waals surface area contributed by atoms with Crippen molar-refractivity contribution in [3.8, 4) is 6.07 Å². The normalized spacial score (nSPS) is 14.9. The molecule has 6 nitrogen and oxygen atoms in total. The van der Waals surface area contributed by atoms with Crippen molar-refractivity contribution >= 4 is 22.5 Å². The number of rotatable bonds is 3. The molecule has 0 spiro atoms. The molecule has 0 bridgehead atoms. The summed E-state index contributed by atoms with van der Waals surface area (Å²) in [6.45, 7) is 1.99. The summed E-state index contributed by atoms with van der Waals surface area (Å²) in [5.41, 5.74) is 2.46. The minimum Gasteiger partial charge on any atom is -0.322 e. The highest BCUT2D eigenvalue weighted by molar-refractivity contribution is 6.06. The van der Waals surface area contributed by atoms with Crippen LogP contribution in [-0.2, 0) is 0 Å². The first kappa shape index (κ1) is 16.3. The Kier molecular flexibility index (Phi) is 4.38. The van der Waals surface area contributed by atoms with Crippen LogP contribution in [0.25, 0.3) is 10.9 Å². The predicted molar refractivity (Wildman–Crippen MR) is 100.0 cm³/mol. The van der Waals surface area contributed by atoms with E-state index in [2.05, 4.69) is 26.5 Å². The Morgan fingerprint density at radius 1 is 1.23 bits per heavy atom. The van der Waals surface area contributed by atoms with E-state index in [0.29, 0.717) is 22.9 Å². The van der Waals surface area contributed by atoms with Crippen LogP contribution in [-0.4, -0.2) is 28.8 Å². The van der Waals surface area contributed by atoms with Crippen molar-refractivity contribution in [3.63, 3.8) is 0 Å². The molecule has 6 heteroatoms. The highest BCUT2D eigenvalue weighted by atomic mass is 16.1. The Morgan fingerprint density at radius 2 is 2.04 bits per heavy atom. The Morgan fingerprint density at radius 3 is 2.85 bits per heavy atom. The molecular weight excluding hydrogens is 326 g/mol. The van der Waals surface area contributed by atoms with E-state index in [1.165, 1.54) is 0 Å². The summed E-state index contributed by atoms with van der Waals surface area (Å²) in [4.78, 5) is 12.6. The number of aromatic nitrogens is 2. The zero-order valence-electron chi connectivity index (χ0n) is 14.3. The zero-order chi connectivity index (χ0) is 17.9. The molecule has 26 heavy (non-hydrogen) atoms. The Bertz CT molecular complexity index is 995. The summed E-state index contributed by atoms with van der Waals surface area (Å²) < 4.78 is 2.06. The third-order valence-electron chi connectivity index (χ3n) is 4.80. The molecule has 2 N–H and O–H groups in total. The molecule has 0 aliphatic carbocycles. The van der Waals surface area contributed by atoms with Crippen molar-refractivity contribution in [1.82, 2.24) is 15.1 Å². The van der Waals surface area contributed by atoms with Crippen molar-refractivity contribution in [2.45, 2.75) is 18.9 Å². The van der Waals surface area contributed by atoms with Gasteiger partial charge in [0.15, 0.2) is 0 Å². The van der Waals surface area contributed by atoms with Crippen LogP contribution < -0.4 is 10.6 Å². The first-order valence-electron chi connectivity index (χ1n) is 8.75. The lowest BCUT2D eigenvalue weighted by atomic mass is 10.1. The van der Waals surface area contributed by atoms with Gasteiger partial charge in [-0.15, -0.1) is 0 Å². The van der Waals surface area contributed by atoms with Crippen molar-refractivity contribution in [2.24, 2.45) is 0 Å². The number of amides is 1. The van der Waals surface area contributed by atoms with E-state index in [1.807, 2.05) is 24.4 Å². The Balaban J connectivity index is 1.63. The van der Waals surface area contributed by atoms with Crippen LogP contribution in [0.5, 0.6) is 0 Å². The number of nitrogens with zero attached hydrogens (tertiary/aromatic N) is 3. The minimum atomic E-state index is -0.283. The van der Waals surface area contributed by atoms with Crippen molar-refractivity contribution in [2.75, 3.05) is 18.4 Å². The number of carbonyl (C=O) groups excluding carboxylic acids is 1. The van der Waals surface area contributed by atoms with Crippen LogP contribution in [0.3, 0.4) is 0 Å². The number of benzene rings is 2. The summed E-state index contributed by atoms with van der Waals surface area (Å²) in [6.07, 6.45) is 3.96. The van der Waals surface area contributed by atoms with Crippen LogP contribution in [0.1, 0.15) is 34.8 Å². The number of piperidine rings is 1. The molecule has 0 saturated carbocycles. The van der Waals surface area contributed by atoms with Crippen LogP contribution in [0.4, 0.5) is 5.69 Å². The summed E-state index contributed by atoms with van der Waals surface area (Å²) in [5, 5.41) is 21.1. The number of nitriles is 1. The second-order valence-electron chi connectivity index (χ2n) is 6.46. The van der Waals surface area contributed by atoms with Gasteiger partial charge in [0.2, 0.25) is 0 Å². The third kappa shape index (κ3) is 3.05. The third-order valence-corrected chi connectivity index (χ3v) is 4.80. The summed E-state index contributed by atoms with van der Waals surface area (Å²) in [7, 11) is 0. The molecule has 1 aromatic heterocycles. The lowest BCUT2D eigenvalue weighted by Crippen LogP contribution is -2.29. The molecule has 2 heterocycles. The maximum atomic E-state index is 12.6. The van der Waals surface area contributed by atoms with Gasteiger partial charge in [0.25, 0.3) is 5.91 Å². The first-order valence-corrected chi connectivity index (χ1v) is 8.75. The van der Waals surface area contributed by atoms with Crippen molar-refractivity contribution < 1.29 is 4.79 Å². The molecule has 1 amide bonds. The number of carbonyl (C=O) groups is 1. The van der Waals surface area contributed by atoms with Crippen LogP contribution in [0.15, 0.2) is 48.7 Å². The highest BCUT2D eigenvalue weighted by Crippen LogP contribution is 2.26. The van der Waals surface area contributed by atoms with Gasteiger partial charge in [0.1, 0.15) is 0 Å². The van der Waals surface area contributed by atoms with Crippen LogP contribution in [0, 0.1) is 11.3 Å². The number of hydrogen-bond donors (Lipinski definition) is 2. The van der Waals surface area contributed by atoms with E-state index >= 15 is 0 Å². The number of nitrogens with one attached hydrogen (secondary N) is 2. The zero-order valence-corrected chi connectivity index (χ0v) is 14.3.